The number of carbonyl (C=O) groups is 1. The van der Waals surface area contributed by atoms with E-state index >= 15 is 0 Å². The molecule has 0 saturated heterocycles. The summed E-state index contributed by atoms with van der Waals surface area (Å²) in [6.45, 7) is 6.70. The van der Waals surface area contributed by atoms with Crippen LogP contribution in [0.4, 0.5) is 4.79 Å². The van der Waals surface area contributed by atoms with Gasteiger partial charge in [0.25, 0.3) is 0 Å². The fourth-order valence-electron chi connectivity index (χ4n) is 2.37. The van der Waals surface area contributed by atoms with Crippen LogP contribution in [0.1, 0.15) is 32.7 Å². The van der Waals surface area contributed by atoms with Crippen LogP contribution in [0.3, 0.4) is 0 Å². The fourth-order valence-corrected chi connectivity index (χ4v) is 3.16. The van der Waals surface area contributed by atoms with E-state index in [0.717, 1.165) is 21.7 Å². The molecular weight excluding hydrogens is 310 g/mol. The van der Waals surface area contributed by atoms with E-state index in [2.05, 4.69) is 21.7 Å². The third-order valence-electron chi connectivity index (χ3n) is 3.38. The van der Waals surface area contributed by atoms with Crippen LogP contribution in [0.2, 0.25) is 0 Å². The highest BCUT2D eigenvalue weighted by molar-refractivity contribution is 7.11. The molecule has 1 aromatic heterocycles. The normalized spacial score (nSPS) is 12.0. The molecule has 1 heterocycles. The molecule has 6 heteroatoms. The second kappa shape index (κ2) is 8.08. The Bertz CT molecular complexity index is 649. The summed E-state index contributed by atoms with van der Waals surface area (Å²) in [5.41, 5.74) is 3.02. The quantitative estimate of drug-likeness (QED) is 0.761. The third kappa shape index (κ3) is 5.65. The molecular formula is C17H23N3O2S. The van der Waals surface area contributed by atoms with E-state index in [1.54, 1.807) is 11.3 Å². The number of hydrogen-bond donors (Lipinski definition) is 3. The van der Waals surface area contributed by atoms with Crippen LogP contribution in [0.5, 0.6) is 0 Å². The zero-order chi connectivity index (χ0) is 16.8. The van der Waals surface area contributed by atoms with Gasteiger partial charge in [0, 0.05) is 30.6 Å². The molecule has 0 spiro atoms. The van der Waals surface area contributed by atoms with E-state index in [1.165, 1.54) is 4.88 Å². The van der Waals surface area contributed by atoms with E-state index in [-0.39, 0.29) is 12.6 Å². The van der Waals surface area contributed by atoms with Crippen molar-refractivity contribution in [3.8, 4) is 0 Å². The summed E-state index contributed by atoms with van der Waals surface area (Å²) in [4.78, 5) is 17.2. The number of nitrogens with zero attached hydrogens (tertiary/aromatic N) is 1. The number of aliphatic hydroxyl groups is 1. The second-order valence-electron chi connectivity index (χ2n) is 5.69. The molecule has 1 aromatic carbocycles. The molecule has 2 amide bonds. The van der Waals surface area contributed by atoms with Crippen LogP contribution in [-0.2, 0) is 6.42 Å². The summed E-state index contributed by atoms with van der Waals surface area (Å²) in [6.07, 6.45) is 1.84. The first-order chi connectivity index (χ1) is 10.9. The van der Waals surface area contributed by atoms with Gasteiger partial charge in [0.15, 0.2) is 0 Å². The lowest BCUT2D eigenvalue weighted by molar-refractivity contribution is 0.173. The number of aryl methyl sites for hydroxylation is 3. The molecule has 0 fully saturated rings. The molecule has 0 aliphatic rings. The number of aliphatic hydroxyl groups excluding tert-OH is 1. The van der Waals surface area contributed by atoms with Crippen LogP contribution in [0.15, 0.2) is 24.4 Å². The summed E-state index contributed by atoms with van der Waals surface area (Å²) < 4.78 is 0. The monoisotopic (exact) mass is 333 g/mol. The highest BCUT2D eigenvalue weighted by Crippen LogP contribution is 2.16. The van der Waals surface area contributed by atoms with Crippen molar-refractivity contribution >= 4 is 17.4 Å². The Morgan fingerprint density at radius 2 is 1.91 bits per heavy atom. The fraction of sp³-hybridized carbons (Fsp3) is 0.412. The zero-order valence-corrected chi connectivity index (χ0v) is 14.5. The minimum absolute atomic E-state index is 0.186. The smallest absolute Gasteiger partial charge is 0.314 e. The topological polar surface area (TPSA) is 74.2 Å². The maximum atomic E-state index is 11.8. The predicted molar refractivity (Wildman–Crippen MR) is 92.8 cm³/mol. The number of thiazole rings is 1. The summed E-state index contributed by atoms with van der Waals surface area (Å²) >= 11 is 1.63. The van der Waals surface area contributed by atoms with Gasteiger partial charge in [-0.2, -0.15) is 0 Å². The van der Waals surface area contributed by atoms with Gasteiger partial charge in [0.05, 0.1) is 11.1 Å². The summed E-state index contributed by atoms with van der Waals surface area (Å²) in [6, 6.07) is 5.64. The maximum Gasteiger partial charge on any atom is 0.314 e. The van der Waals surface area contributed by atoms with Gasteiger partial charge in [0.2, 0.25) is 0 Å². The number of amides is 2. The van der Waals surface area contributed by atoms with Gasteiger partial charge in [-0.05, 0) is 26.3 Å². The first kappa shape index (κ1) is 17.4. The van der Waals surface area contributed by atoms with Crippen LogP contribution in [-0.4, -0.2) is 29.2 Å². The Morgan fingerprint density at radius 3 is 2.52 bits per heavy atom. The Hall–Kier alpha value is -1.92. The molecule has 5 nitrogen and oxygen atoms in total. The lowest BCUT2D eigenvalue weighted by atomic mass is 10.0. The molecule has 2 aromatic rings. The molecule has 2 rings (SSSR count). The zero-order valence-electron chi connectivity index (χ0n) is 13.7. The van der Waals surface area contributed by atoms with Gasteiger partial charge in [0.1, 0.15) is 0 Å². The van der Waals surface area contributed by atoms with Crippen LogP contribution in [0, 0.1) is 20.8 Å². The number of rotatable bonds is 6. The summed E-state index contributed by atoms with van der Waals surface area (Å²) in [5, 5.41) is 16.7. The van der Waals surface area contributed by atoms with Crippen molar-refractivity contribution in [3.05, 3.63) is 51.0 Å². The van der Waals surface area contributed by atoms with Crippen molar-refractivity contribution in [1.82, 2.24) is 15.6 Å². The lowest BCUT2D eigenvalue weighted by Crippen LogP contribution is -2.38. The average Bonchev–Trinajstić information content (AvgIpc) is 2.89. The van der Waals surface area contributed by atoms with Gasteiger partial charge < -0.3 is 15.7 Å². The second-order valence-corrected chi connectivity index (χ2v) is 7.01. The van der Waals surface area contributed by atoms with Gasteiger partial charge in [-0.25, -0.2) is 9.78 Å². The van der Waals surface area contributed by atoms with Crippen molar-refractivity contribution in [2.75, 3.05) is 13.1 Å². The van der Waals surface area contributed by atoms with E-state index in [1.807, 2.05) is 39.1 Å². The molecule has 0 unspecified atom stereocenters. The van der Waals surface area contributed by atoms with Crippen molar-refractivity contribution in [1.29, 1.82) is 0 Å². The molecule has 124 valence electrons. The molecule has 3 N–H and O–H groups in total. The highest BCUT2D eigenvalue weighted by atomic mass is 32.1. The Kier molecular flexibility index (Phi) is 6.12. The molecule has 0 bridgehead atoms. The predicted octanol–water partition coefficient (Wildman–Crippen LogP) is 2.64. The number of benzene rings is 1. The first-order valence-corrected chi connectivity index (χ1v) is 8.45. The lowest BCUT2D eigenvalue weighted by Gasteiger charge is -2.14. The standard InChI is InChI=1S/C17H23N3O2S/c1-11-6-12(2)8-14(7-11)15(21)10-20-17(22)18-5-4-16-19-9-13(3)23-16/h6-9,15,21H,4-5,10H2,1-3H3,(H2,18,20,22)/t15-/m1/s1. The van der Waals surface area contributed by atoms with E-state index in [9.17, 15) is 9.90 Å². The first-order valence-electron chi connectivity index (χ1n) is 7.63. The molecule has 23 heavy (non-hydrogen) atoms. The summed E-state index contributed by atoms with van der Waals surface area (Å²) in [7, 11) is 0. The van der Waals surface area contributed by atoms with Crippen molar-refractivity contribution in [2.24, 2.45) is 0 Å². The minimum Gasteiger partial charge on any atom is -0.387 e. The van der Waals surface area contributed by atoms with Crippen molar-refractivity contribution < 1.29 is 9.90 Å². The number of nitrogens with one attached hydrogen (secondary N) is 2. The van der Waals surface area contributed by atoms with Crippen molar-refractivity contribution in [3.63, 3.8) is 0 Å². The molecule has 0 aliphatic heterocycles. The molecule has 0 radical (unpaired) electrons. The van der Waals surface area contributed by atoms with E-state index < -0.39 is 6.10 Å². The van der Waals surface area contributed by atoms with Crippen LogP contribution >= 0.6 is 11.3 Å². The molecule has 0 aliphatic carbocycles. The minimum atomic E-state index is -0.707. The van der Waals surface area contributed by atoms with Gasteiger partial charge >= 0.3 is 6.03 Å². The van der Waals surface area contributed by atoms with Crippen molar-refractivity contribution in [2.45, 2.75) is 33.3 Å². The van der Waals surface area contributed by atoms with Crippen LogP contribution in [0.25, 0.3) is 0 Å². The Labute approximate surface area is 140 Å². The van der Waals surface area contributed by atoms with Gasteiger partial charge in [-0.1, -0.05) is 29.3 Å². The largest absolute Gasteiger partial charge is 0.387 e. The number of aromatic nitrogens is 1. The van der Waals surface area contributed by atoms with Gasteiger partial charge in [-0.3, -0.25) is 0 Å². The van der Waals surface area contributed by atoms with E-state index in [4.69, 9.17) is 0 Å². The molecule has 0 saturated carbocycles. The Morgan fingerprint density at radius 1 is 1.22 bits per heavy atom. The maximum absolute atomic E-state index is 11.8. The number of urea groups is 1. The number of hydrogen-bond acceptors (Lipinski definition) is 4. The SMILES string of the molecule is Cc1cc(C)cc([C@H](O)CNC(=O)NCCc2ncc(C)s2)c1. The third-order valence-corrected chi connectivity index (χ3v) is 4.35. The van der Waals surface area contributed by atoms with Crippen LogP contribution < -0.4 is 10.6 Å². The highest BCUT2D eigenvalue weighted by Gasteiger charge is 2.10. The van der Waals surface area contributed by atoms with E-state index in [0.29, 0.717) is 13.0 Å². The van der Waals surface area contributed by atoms with Gasteiger partial charge in [-0.15, -0.1) is 11.3 Å². The average molecular weight is 333 g/mol. The Balaban J connectivity index is 1.73. The number of carbonyl (C=O) groups excluding carboxylic acids is 1. The molecule has 1 atom stereocenters. The summed E-state index contributed by atoms with van der Waals surface area (Å²) in [5.74, 6) is 0.